The van der Waals surface area contributed by atoms with Crippen LogP contribution in [0.4, 0.5) is 10.8 Å². The number of carbonyl (C=O) groups is 2. The highest BCUT2D eigenvalue weighted by molar-refractivity contribution is 7.99. The Morgan fingerprint density at radius 1 is 1.07 bits per heavy atom. The van der Waals surface area contributed by atoms with Crippen LogP contribution < -0.4 is 10.6 Å². The van der Waals surface area contributed by atoms with Crippen molar-refractivity contribution in [3.8, 4) is 11.3 Å². The molecule has 2 aromatic carbocycles. The summed E-state index contributed by atoms with van der Waals surface area (Å²) in [6, 6.07) is 15.0. The van der Waals surface area contributed by atoms with Crippen molar-refractivity contribution in [2.45, 2.75) is 18.2 Å². The van der Waals surface area contributed by atoms with E-state index in [1.54, 1.807) is 11.8 Å². The maximum absolute atomic E-state index is 12.1. The summed E-state index contributed by atoms with van der Waals surface area (Å²) in [5.41, 5.74) is 2.44. The minimum Gasteiger partial charge on any atom is -0.326 e. The number of anilines is 2. The van der Waals surface area contributed by atoms with Crippen molar-refractivity contribution >= 4 is 57.3 Å². The number of carbonyl (C=O) groups excluding carboxylic acids is 2. The highest BCUT2D eigenvalue weighted by Crippen LogP contribution is 2.26. The predicted octanol–water partition coefficient (Wildman–Crippen LogP) is 5.54. The van der Waals surface area contributed by atoms with Crippen molar-refractivity contribution in [3.05, 3.63) is 58.9 Å². The molecule has 0 atom stereocenters. The van der Waals surface area contributed by atoms with Gasteiger partial charge in [-0.15, -0.1) is 23.1 Å². The van der Waals surface area contributed by atoms with Crippen LogP contribution in [0, 0.1) is 0 Å². The highest BCUT2D eigenvalue weighted by atomic mass is 35.5. The fourth-order valence-corrected chi connectivity index (χ4v) is 4.08. The predicted molar refractivity (Wildman–Crippen MR) is 117 cm³/mol. The monoisotopic (exact) mass is 431 g/mol. The number of hydrogen-bond donors (Lipinski definition) is 2. The van der Waals surface area contributed by atoms with Gasteiger partial charge in [0.15, 0.2) is 5.13 Å². The summed E-state index contributed by atoms with van der Waals surface area (Å²) in [5.74, 6) is 0.500. The van der Waals surface area contributed by atoms with Gasteiger partial charge in [-0.05, 0) is 36.4 Å². The first-order valence-electron chi connectivity index (χ1n) is 8.51. The Balaban J connectivity index is 1.50. The van der Waals surface area contributed by atoms with Crippen LogP contribution in [0.15, 0.2) is 58.8 Å². The molecule has 0 spiro atoms. The largest absolute Gasteiger partial charge is 0.326 e. The van der Waals surface area contributed by atoms with Gasteiger partial charge in [0.1, 0.15) is 0 Å². The highest BCUT2D eigenvalue weighted by Gasteiger charge is 2.09. The van der Waals surface area contributed by atoms with Crippen molar-refractivity contribution in [1.82, 2.24) is 4.98 Å². The van der Waals surface area contributed by atoms with Crippen LogP contribution >= 0.6 is 34.7 Å². The van der Waals surface area contributed by atoms with Crippen LogP contribution in [0.25, 0.3) is 11.3 Å². The Labute approximate surface area is 176 Å². The maximum atomic E-state index is 12.1. The number of amides is 2. The van der Waals surface area contributed by atoms with E-state index in [0.717, 1.165) is 21.8 Å². The molecular formula is C20H18ClN3O2S2. The second-order valence-corrected chi connectivity index (χ2v) is 8.36. The first-order chi connectivity index (χ1) is 13.5. The molecule has 0 fully saturated rings. The summed E-state index contributed by atoms with van der Waals surface area (Å²) in [6.45, 7) is 1.47. The Bertz CT molecular complexity index is 956. The SMILES string of the molecule is CC(=O)Nc1ccc(-c2csc(NC(=O)CCSc3ccc(Cl)cc3)n2)cc1. The molecule has 0 saturated heterocycles. The number of nitrogens with zero attached hydrogens (tertiary/aromatic N) is 1. The molecule has 1 aromatic heterocycles. The molecule has 2 N–H and O–H groups in total. The van der Waals surface area contributed by atoms with E-state index >= 15 is 0 Å². The quantitative estimate of drug-likeness (QED) is 0.481. The lowest BCUT2D eigenvalue weighted by Crippen LogP contribution is -2.11. The Morgan fingerprint density at radius 3 is 2.46 bits per heavy atom. The fraction of sp³-hybridized carbons (Fsp3) is 0.150. The third kappa shape index (κ3) is 6.09. The lowest BCUT2D eigenvalue weighted by molar-refractivity contribution is -0.116. The van der Waals surface area contributed by atoms with Crippen molar-refractivity contribution in [1.29, 1.82) is 0 Å². The van der Waals surface area contributed by atoms with Crippen LogP contribution in [0.3, 0.4) is 0 Å². The average molecular weight is 432 g/mol. The number of benzene rings is 2. The van der Waals surface area contributed by atoms with Crippen molar-refractivity contribution in [2.75, 3.05) is 16.4 Å². The lowest BCUT2D eigenvalue weighted by atomic mass is 10.1. The van der Waals surface area contributed by atoms with Gasteiger partial charge in [0.05, 0.1) is 5.69 Å². The summed E-state index contributed by atoms with van der Waals surface area (Å²) in [6.07, 6.45) is 0.396. The minimum atomic E-state index is -0.111. The molecule has 0 unspecified atom stereocenters. The van der Waals surface area contributed by atoms with Crippen molar-refractivity contribution in [3.63, 3.8) is 0 Å². The van der Waals surface area contributed by atoms with Crippen LogP contribution in [0.2, 0.25) is 5.02 Å². The van der Waals surface area contributed by atoms with E-state index < -0.39 is 0 Å². The summed E-state index contributed by atoms with van der Waals surface area (Å²) in [5, 5.41) is 8.73. The molecule has 0 radical (unpaired) electrons. The molecule has 144 valence electrons. The lowest BCUT2D eigenvalue weighted by Gasteiger charge is -2.03. The number of nitrogens with one attached hydrogen (secondary N) is 2. The van der Waals surface area contributed by atoms with Crippen molar-refractivity contribution in [2.24, 2.45) is 0 Å². The van der Waals surface area contributed by atoms with Gasteiger partial charge in [0, 0.05) is 45.6 Å². The molecule has 2 amide bonds. The zero-order valence-electron chi connectivity index (χ0n) is 15.1. The molecule has 3 aromatic rings. The van der Waals surface area contributed by atoms with Gasteiger partial charge < -0.3 is 10.6 Å². The second kappa shape index (κ2) is 9.73. The van der Waals surface area contributed by atoms with E-state index in [0.29, 0.717) is 22.3 Å². The second-order valence-electron chi connectivity index (χ2n) is 5.90. The van der Waals surface area contributed by atoms with E-state index in [9.17, 15) is 9.59 Å². The summed E-state index contributed by atoms with van der Waals surface area (Å²) < 4.78 is 0. The van der Waals surface area contributed by atoms with E-state index in [1.807, 2.05) is 53.9 Å². The normalized spacial score (nSPS) is 10.5. The van der Waals surface area contributed by atoms with Gasteiger partial charge in [0.25, 0.3) is 0 Å². The Kier molecular flexibility index (Phi) is 7.08. The molecule has 28 heavy (non-hydrogen) atoms. The van der Waals surface area contributed by atoms with Crippen LogP contribution in [0.5, 0.6) is 0 Å². The number of hydrogen-bond acceptors (Lipinski definition) is 5. The smallest absolute Gasteiger partial charge is 0.226 e. The van der Waals surface area contributed by atoms with Crippen LogP contribution in [0.1, 0.15) is 13.3 Å². The van der Waals surface area contributed by atoms with E-state index in [1.165, 1.54) is 18.3 Å². The molecule has 0 bridgehead atoms. The van der Waals surface area contributed by atoms with E-state index in [4.69, 9.17) is 11.6 Å². The van der Waals surface area contributed by atoms with Gasteiger partial charge >= 0.3 is 0 Å². The molecule has 0 aliphatic carbocycles. The summed E-state index contributed by atoms with van der Waals surface area (Å²) in [7, 11) is 0. The van der Waals surface area contributed by atoms with Gasteiger partial charge in [-0.2, -0.15) is 0 Å². The molecule has 0 aliphatic rings. The van der Waals surface area contributed by atoms with Gasteiger partial charge in [0.2, 0.25) is 11.8 Å². The molecule has 5 nitrogen and oxygen atoms in total. The zero-order chi connectivity index (χ0) is 19.9. The summed E-state index contributed by atoms with van der Waals surface area (Å²) >= 11 is 8.86. The van der Waals surface area contributed by atoms with Gasteiger partial charge in [-0.3, -0.25) is 9.59 Å². The number of thiazole rings is 1. The molecular weight excluding hydrogens is 414 g/mol. The number of rotatable bonds is 7. The maximum Gasteiger partial charge on any atom is 0.226 e. The van der Waals surface area contributed by atoms with Crippen molar-refractivity contribution < 1.29 is 9.59 Å². The summed E-state index contributed by atoms with van der Waals surface area (Å²) in [4.78, 5) is 28.8. The number of thioether (sulfide) groups is 1. The Hall–Kier alpha value is -2.35. The van der Waals surface area contributed by atoms with Gasteiger partial charge in [-0.1, -0.05) is 23.7 Å². The van der Waals surface area contributed by atoms with Gasteiger partial charge in [-0.25, -0.2) is 4.98 Å². The van der Waals surface area contributed by atoms with E-state index in [2.05, 4.69) is 15.6 Å². The first kappa shape index (κ1) is 20.4. The Morgan fingerprint density at radius 2 is 1.79 bits per heavy atom. The molecule has 0 saturated carbocycles. The van der Waals surface area contributed by atoms with Crippen LogP contribution in [-0.4, -0.2) is 22.6 Å². The molecule has 3 rings (SSSR count). The van der Waals surface area contributed by atoms with Crippen LogP contribution in [-0.2, 0) is 9.59 Å². The first-order valence-corrected chi connectivity index (χ1v) is 10.8. The van der Waals surface area contributed by atoms with E-state index in [-0.39, 0.29) is 11.8 Å². The molecule has 1 heterocycles. The average Bonchev–Trinajstić information content (AvgIpc) is 3.12. The third-order valence-electron chi connectivity index (χ3n) is 3.66. The topological polar surface area (TPSA) is 71.1 Å². The third-order valence-corrected chi connectivity index (χ3v) is 5.69. The number of aromatic nitrogens is 1. The standard InChI is InChI=1S/C20H18ClN3O2S2/c1-13(25)22-16-6-2-14(3-7-16)18-12-28-20(23-18)24-19(26)10-11-27-17-8-4-15(21)5-9-17/h2-9,12H,10-11H2,1H3,(H,22,25)(H,23,24,26). The number of halogens is 1. The minimum absolute atomic E-state index is 0.0663. The molecule has 8 heteroatoms. The molecule has 0 aliphatic heterocycles. The zero-order valence-corrected chi connectivity index (χ0v) is 17.5. The fourth-order valence-electron chi connectivity index (χ4n) is 2.37.